The first-order chi connectivity index (χ1) is 14.7. The van der Waals surface area contributed by atoms with Gasteiger partial charge in [-0.25, -0.2) is 4.98 Å². The summed E-state index contributed by atoms with van der Waals surface area (Å²) in [6.45, 7) is 5.54. The lowest BCUT2D eigenvalue weighted by Gasteiger charge is -2.28. The molecule has 0 aromatic carbocycles. The van der Waals surface area contributed by atoms with Crippen LogP contribution >= 0.6 is 0 Å². The molecule has 0 amide bonds. The molecule has 1 aliphatic heterocycles. The van der Waals surface area contributed by atoms with Crippen molar-refractivity contribution >= 4 is 16.7 Å². The Kier molecular flexibility index (Phi) is 4.86. The maximum atomic E-state index is 9.87. The predicted octanol–water partition coefficient (Wildman–Crippen LogP) is 2.54. The highest BCUT2D eigenvalue weighted by molar-refractivity contribution is 5.93. The Balaban J connectivity index is 1.55. The third-order valence-corrected chi connectivity index (χ3v) is 5.40. The predicted molar refractivity (Wildman–Crippen MR) is 116 cm³/mol. The summed E-state index contributed by atoms with van der Waals surface area (Å²) in [5, 5.41) is 21.8. The zero-order valence-corrected chi connectivity index (χ0v) is 16.7. The van der Waals surface area contributed by atoms with E-state index in [1.165, 1.54) is 0 Å². The lowest BCUT2D eigenvalue weighted by Crippen LogP contribution is -2.43. The van der Waals surface area contributed by atoms with Gasteiger partial charge in [0.2, 0.25) is 0 Å². The number of piperazine rings is 1. The molecule has 0 saturated carbocycles. The van der Waals surface area contributed by atoms with Crippen molar-refractivity contribution in [2.75, 3.05) is 31.1 Å². The Morgan fingerprint density at radius 1 is 1.07 bits per heavy atom. The summed E-state index contributed by atoms with van der Waals surface area (Å²) in [4.78, 5) is 16.0. The van der Waals surface area contributed by atoms with Gasteiger partial charge >= 0.3 is 0 Å². The second-order valence-electron chi connectivity index (χ2n) is 7.49. The first kappa shape index (κ1) is 18.7. The molecule has 4 aromatic heterocycles. The maximum Gasteiger partial charge on any atom is 0.129 e. The smallest absolute Gasteiger partial charge is 0.129 e. The molecule has 152 valence electrons. The third-order valence-electron chi connectivity index (χ3n) is 5.40. The highest BCUT2D eigenvalue weighted by atomic mass is 16.3. The number of nitrogens with one attached hydrogen (secondary N) is 2. The van der Waals surface area contributed by atoms with Gasteiger partial charge in [0, 0.05) is 49.5 Å². The third kappa shape index (κ3) is 3.51. The Bertz CT molecular complexity index is 1180. The second-order valence-corrected chi connectivity index (χ2v) is 7.49. The van der Waals surface area contributed by atoms with E-state index in [4.69, 9.17) is 4.98 Å². The van der Waals surface area contributed by atoms with Gasteiger partial charge in [0.1, 0.15) is 11.5 Å². The molecule has 1 unspecified atom stereocenters. The minimum Gasteiger partial charge on any atom is -0.389 e. The van der Waals surface area contributed by atoms with E-state index < -0.39 is 6.10 Å². The molecule has 1 fully saturated rings. The van der Waals surface area contributed by atoms with Crippen LogP contribution in [0.2, 0.25) is 0 Å². The zero-order valence-electron chi connectivity index (χ0n) is 16.7. The van der Waals surface area contributed by atoms with Crippen molar-refractivity contribution in [3.05, 3.63) is 54.5 Å². The number of pyridine rings is 3. The number of aliphatic hydroxyl groups is 1. The maximum absolute atomic E-state index is 9.87. The zero-order chi connectivity index (χ0) is 20.5. The fourth-order valence-corrected chi connectivity index (χ4v) is 3.72. The Morgan fingerprint density at radius 2 is 1.93 bits per heavy atom. The summed E-state index contributed by atoms with van der Waals surface area (Å²) < 4.78 is 0. The SMILES string of the molecule is CC(O)c1cncc(-c2cc3c(-c4cccc(N5CCNCC5)n4)n[nH]c3cn2)c1. The largest absolute Gasteiger partial charge is 0.389 e. The number of H-pyrrole nitrogens is 1. The molecule has 3 N–H and O–H groups in total. The molecule has 8 nitrogen and oxygen atoms in total. The van der Waals surface area contributed by atoms with Crippen LogP contribution in [0.5, 0.6) is 0 Å². The monoisotopic (exact) mass is 401 g/mol. The topological polar surface area (TPSA) is 103 Å². The summed E-state index contributed by atoms with van der Waals surface area (Å²) in [5.74, 6) is 0.966. The van der Waals surface area contributed by atoms with Crippen molar-refractivity contribution < 1.29 is 5.11 Å². The van der Waals surface area contributed by atoms with Gasteiger partial charge in [-0.3, -0.25) is 15.1 Å². The lowest BCUT2D eigenvalue weighted by atomic mass is 10.1. The summed E-state index contributed by atoms with van der Waals surface area (Å²) in [6.07, 6.45) is 4.61. The van der Waals surface area contributed by atoms with Crippen LogP contribution in [0.4, 0.5) is 5.82 Å². The highest BCUT2D eigenvalue weighted by Crippen LogP contribution is 2.29. The number of anilines is 1. The number of aliphatic hydroxyl groups excluding tert-OH is 1. The van der Waals surface area contributed by atoms with Gasteiger partial charge in [-0.15, -0.1) is 0 Å². The summed E-state index contributed by atoms with van der Waals surface area (Å²) in [5.41, 5.74) is 4.86. The van der Waals surface area contributed by atoms with Crippen molar-refractivity contribution in [3.8, 4) is 22.6 Å². The van der Waals surface area contributed by atoms with Crippen LogP contribution in [0, 0.1) is 0 Å². The van der Waals surface area contributed by atoms with Crippen molar-refractivity contribution in [2.45, 2.75) is 13.0 Å². The number of nitrogens with zero attached hydrogens (tertiary/aromatic N) is 5. The van der Waals surface area contributed by atoms with Crippen LogP contribution in [0.1, 0.15) is 18.6 Å². The van der Waals surface area contributed by atoms with E-state index in [1.54, 1.807) is 25.5 Å². The molecule has 8 heteroatoms. The van der Waals surface area contributed by atoms with Gasteiger partial charge in [0.25, 0.3) is 0 Å². The van der Waals surface area contributed by atoms with Crippen LogP contribution in [-0.2, 0) is 0 Å². The summed E-state index contributed by atoms with van der Waals surface area (Å²) in [7, 11) is 0. The Labute approximate surface area is 174 Å². The van der Waals surface area contributed by atoms with E-state index in [-0.39, 0.29) is 0 Å². The fourth-order valence-electron chi connectivity index (χ4n) is 3.72. The number of rotatable bonds is 4. The van der Waals surface area contributed by atoms with Crippen molar-refractivity contribution in [1.29, 1.82) is 0 Å². The van der Waals surface area contributed by atoms with E-state index in [9.17, 15) is 5.11 Å². The van der Waals surface area contributed by atoms with Crippen LogP contribution in [0.15, 0.2) is 48.9 Å². The van der Waals surface area contributed by atoms with Crippen LogP contribution in [0.25, 0.3) is 33.5 Å². The molecular weight excluding hydrogens is 378 g/mol. The molecule has 5 heterocycles. The average Bonchev–Trinajstić information content (AvgIpc) is 3.23. The first-order valence-electron chi connectivity index (χ1n) is 10.1. The minimum absolute atomic E-state index is 0.581. The number of aromatic amines is 1. The molecule has 0 bridgehead atoms. The van der Waals surface area contributed by atoms with E-state index in [1.807, 2.05) is 30.3 Å². The Morgan fingerprint density at radius 3 is 2.77 bits per heavy atom. The number of hydrogen-bond acceptors (Lipinski definition) is 7. The van der Waals surface area contributed by atoms with Crippen molar-refractivity contribution in [1.82, 2.24) is 30.5 Å². The Hall–Kier alpha value is -3.36. The van der Waals surface area contributed by atoms with Gasteiger partial charge in [-0.05, 0) is 36.8 Å². The summed E-state index contributed by atoms with van der Waals surface area (Å²) >= 11 is 0. The van der Waals surface area contributed by atoms with Gasteiger partial charge < -0.3 is 15.3 Å². The van der Waals surface area contributed by atoms with Gasteiger partial charge in [0.05, 0.1) is 29.2 Å². The number of fused-ring (bicyclic) bond motifs is 1. The molecule has 5 rings (SSSR count). The highest BCUT2D eigenvalue weighted by Gasteiger charge is 2.16. The molecule has 0 aliphatic carbocycles. The molecule has 4 aromatic rings. The van der Waals surface area contributed by atoms with E-state index in [0.29, 0.717) is 0 Å². The fraction of sp³-hybridized carbons (Fsp3) is 0.273. The summed E-state index contributed by atoms with van der Waals surface area (Å²) in [6, 6.07) is 9.96. The molecule has 1 atom stereocenters. The van der Waals surface area contributed by atoms with E-state index in [0.717, 1.165) is 71.1 Å². The molecule has 30 heavy (non-hydrogen) atoms. The normalized spacial score (nSPS) is 15.5. The molecule has 1 saturated heterocycles. The average molecular weight is 401 g/mol. The van der Waals surface area contributed by atoms with Crippen LogP contribution in [-0.4, -0.2) is 56.4 Å². The van der Waals surface area contributed by atoms with Gasteiger partial charge in [-0.1, -0.05) is 6.07 Å². The van der Waals surface area contributed by atoms with Gasteiger partial charge in [0.15, 0.2) is 0 Å². The van der Waals surface area contributed by atoms with Crippen LogP contribution in [0.3, 0.4) is 0 Å². The lowest BCUT2D eigenvalue weighted by molar-refractivity contribution is 0.199. The quantitative estimate of drug-likeness (QED) is 0.483. The molecule has 0 radical (unpaired) electrons. The molecule has 1 aliphatic rings. The van der Waals surface area contributed by atoms with Crippen molar-refractivity contribution in [3.63, 3.8) is 0 Å². The van der Waals surface area contributed by atoms with Crippen molar-refractivity contribution in [2.24, 2.45) is 0 Å². The van der Waals surface area contributed by atoms with E-state index in [2.05, 4.69) is 30.4 Å². The van der Waals surface area contributed by atoms with Gasteiger partial charge in [-0.2, -0.15) is 5.10 Å². The minimum atomic E-state index is -0.581. The molecular formula is C22H23N7O. The molecule has 0 spiro atoms. The standard InChI is InChI=1S/C22H23N7O/c1-14(30)15-9-16(12-24-11-15)19-10-17-20(13-25-19)27-28-22(17)18-3-2-4-21(26-18)29-7-5-23-6-8-29/h2-4,9-14,23,30H,5-8H2,1H3,(H,27,28). The van der Waals surface area contributed by atoms with E-state index >= 15 is 0 Å². The number of hydrogen-bond donors (Lipinski definition) is 3. The van der Waals surface area contributed by atoms with Crippen LogP contribution < -0.4 is 10.2 Å². The number of aromatic nitrogens is 5. The first-order valence-corrected chi connectivity index (χ1v) is 10.1. The second kappa shape index (κ2) is 7.81.